The van der Waals surface area contributed by atoms with Crippen molar-refractivity contribution in [3.05, 3.63) is 29.8 Å². The lowest BCUT2D eigenvalue weighted by Crippen LogP contribution is -2.36. The zero-order valence-corrected chi connectivity index (χ0v) is 12.9. The lowest BCUT2D eigenvalue weighted by molar-refractivity contribution is 0.145. The summed E-state index contributed by atoms with van der Waals surface area (Å²) in [7, 11) is 1.93. The number of piperidine rings is 1. The second-order valence-electron chi connectivity index (χ2n) is 5.72. The van der Waals surface area contributed by atoms with Crippen molar-refractivity contribution in [2.24, 2.45) is 0 Å². The summed E-state index contributed by atoms with van der Waals surface area (Å²) in [6, 6.07) is 3.82. The van der Waals surface area contributed by atoms with Gasteiger partial charge in [-0.3, -0.25) is 0 Å². The molecule has 0 saturated carbocycles. The molecule has 0 aliphatic carbocycles. The molecule has 0 atom stereocenters. The molecule has 7 nitrogen and oxygen atoms in total. The highest BCUT2D eigenvalue weighted by atomic mass is 16.5. The first-order valence-electron chi connectivity index (χ1n) is 7.51. The highest BCUT2D eigenvalue weighted by molar-refractivity contribution is 5.44. The van der Waals surface area contributed by atoms with Gasteiger partial charge in [0.15, 0.2) is 0 Å². The van der Waals surface area contributed by atoms with E-state index in [4.69, 9.17) is 4.52 Å². The zero-order valence-electron chi connectivity index (χ0n) is 12.9. The number of anilines is 2. The van der Waals surface area contributed by atoms with Gasteiger partial charge in [-0.1, -0.05) is 5.16 Å². The number of hydrogen-bond acceptors (Lipinski definition) is 7. The minimum atomic E-state index is -0.185. The first-order chi connectivity index (χ1) is 10.6. The standard InChI is InChI=1S/C15H21N5O2/c1-11-9-12(18-22-11)10-19(2)15-16-6-3-14(17-15)20-7-4-13(21)5-8-20/h3,6,9,13,21H,4-5,7-8,10H2,1-2H3. The van der Waals surface area contributed by atoms with Crippen molar-refractivity contribution < 1.29 is 9.63 Å². The molecule has 1 fully saturated rings. The van der Waals surface area contributed by atoms with Gasteiger partial charge in [0.1, 0.15) is 17.3 Å². The Morgan fingerprint density at radius 3 is 2.86 bits per heavy atom. The number of aromatic nitrogens is 3. The summed E-state index contributed by atoms with van der Waals surface area (Å²) < 4.78 is 5.08. The smallest absolute Gasteiger partial charge is 0.227 e. The molecule has 0 unspecified atom stereocenters. The van der Waals surface area contributed by atoms with Crippen LogP contribution in [0.4, 0.5) is 11.8 Å². The van der Waals surface area contributed by atoms with Crippen LogP contribution in [-0.4, -0.2) is 46.5 Å². The summed E-state index contributed by atoms with van der Waals surface area (Å²) >= 11 is 0. The minimum absolute atomic E-state index is 0.185. The normalized spacial score (nSPS) is 16.0. The molecule has 0 aromatic carbocycles. The summed E-state index contributed by atoms with van der Waals surface area (Å²) in [5, 5.41) is 13.6. The summed E-state index contributed by atoms with van der Waals surface area (Å²) in [6.07, 6.45) is 3.16. The molecule has 3 rings (SSSR count). The Morgan fingerprint density at radius 1 is 1.41 bits per heavy atom. The third kappa shape index (κ3) is 3.36. The summed E-state index contributed by atoms with van der Waals surface area (Å²) in [5.41, 5.74) is 0.857. The highest BCUT2D eigenvalue weighted by Gasteiger charge is 2.19. The Hall–Kier alpha value is -2.15. The molecule has 2 aromatic rings. The van der Waals surface area contributed by atoms with Gasteiger partial charge in [-0.15, -0.1) is 0 Å². The van der Waals surface area contributed by atoms with Crippen LogP contribution in [0.5, 0.6) is 0 Å². The largest absolute Gasteiger partial charge is 0.393 e. The van der Waals surface area contributed by atoms with Crippen molar-refractivity contribution in [1.29, 1.82) is 0 Å². The molecule has 118 valence electrons. The van der Waals surface area contributed by atoms with Crippen LogP contribution in [0.1, 0.15) is 24.3 Å². The molecule has 0 bridgehead atoms. The molecule has 0 spiro atoms. The minimum Gasteiger partial charge on any atom is -0.393 e. The average molecular weight is 303 g/mol. The average Bonchev–Trinajstić information content (AvgIpc) is 2.93. The first-order valence-corrected chi connectivity index (χ1v) is 7.51. The van der Waals surface area contributed by atoms with Crippen molar-refractivity contribution >= 4 is 11.8 Å². The summed E-state index contributed by atoms with van der Waals surface area (Å²) in [5.74, 6) is 2.36. The fourth-order valence-electron chi connectivity index (χ4n) is 2.60. The maximum atomic E-state index is 9.60. The molecule has 2 aromatic heterocycles. The second-order valence-corrected chi connectivity index (χ2v) is 5.72. The van der Waals surface area contributed by atoms with Gasteiger partial charge in [-0.2, -0.15) is 4.98 Å². The van der Waals surface area contributed by atoms with Crippen molar-refractivity contribution in [2.75, 3.05) is 29.9 Å². The maximum absolute atomic E-state index is 9.60. The van der Waals surface area contributed by atoms with E-state index in [1.165, 1.54) is 0 Å². The monoisotopic (exact) mass is 303 g/mol. The van der Waals surface area contributed by atoms with Crippen molar-refractivity contribution in [3.8, 4) is 0 Å². The van der Waals surface area contributed by atoms with E-state index in [1.807, 2.05) is 31.0 Å². The predicted molar refractivity (Wildman–Crippen MR) is 82.8 cm³/mol. The molecule has 1 aliphatic rings. The van der Waals surface area contributed by atoms with Gasteiger partial charge in [0, 0.05) is 32.4 Å². The number of rotatable bonds is 4. The van der Waals surface area contributed by atoms with Gasteiger partial charge in [-0.05, 0) is 25.8 Å². The van der Waals surface area contributed by atoms with E-state index in [0.29, 0.717) is 12.5 Å². The lowest BCUT2D eigenvalue weighted by Gasteiger charge is -2.30. The van der Waals surface area contributed by atoms with E-state index in [0.717, 1.165) is 43.2 Å². The molecule has 1 N–H and O–H groups in total. The highest BCUT2D eigenvalue weighted by Crippen LogP contribution is 2.20. The molecule has 3 heterocycles. The van der Waals surface area contributed by atoms with Crippen LogP contribution in [0.15, 0.2) is 22.9 Å². The van der Waals surface area contributed by atoms with E-state index in [2.05, 4.69) is 20.0 Å². The van der Waals surface area contributed by atoms with Gasteiger partial charge in [0.05, 0.1) is 12.6 Å². The van der Waals surface area contributed by atoms with Crippen molar-refractivity contribution in [3.63, 3.8) is 0 Å². The Labute approximate surface area is 129 Å². The lowest BCUT2D eigenvalue weighted by atomic mass is 10.1. The third-order valence-electron chi connectivity index (χ3n) is 3.83. The van der Waals surface area contributed by atoms with Crippen LogP contribution in [0.3, 0.4) is 0 Å². The van der Waals surface area contributed by atoms with Crippen LogP contribution in [0.25, 0.3) is 0 Å². The molecule has 22 heavy (non-hydrogen) atoms. The SMILES string of the molecule is Cc1cc(CN(C)c2nccc(N3CCC(O)CC3)n2)no1. The van der Waals surface area contributed by atoms with E-state index in [9.17, 15) is 5.11 Å². The number of hydrogen-bond donors (Lipinski definition) is 1. The molecular weight excluding hydrogens is 282 g/mol. The Morgan fingerprint density at radius 2 is 2.18 bits per heavy atom. The topological polar surface area (TPSA) is 78.5 Å². The Balaban J connectivity index is 1.70. The fraction of sp³-hybridized carbons (Fsp3) is 0.533. The van der Waals surface area contributed by atoms with E-state index < -0.39 is 0 Å². The van der Waals surface area contributed by atoms with Gasteiger partial charge >= 0.3 is 0 Å². The van der Waals surface area contributed by atoms with Crippen LogP contribution in [0, 0.1) is 6.92 Å². The molecule has 0 radical (unpaired) electrons. The Kier molecular flexibility index (Phi) is 4.24. The molecular formula is C15H21N5O2. The van der Waals surface area contributed by atoms with Gasteiger partial charge < -0.3 is 19.4 Å². The zero-order chi connectivity index (χ0) is 15.5. The molecule has 0 amide bonds. The Bertz CT molecular complexity index is 622. The summed E-state index contributed by atoms with van der Waals surface area (Å²) in [6.45, 7) is 4.12. The second kappa shape index (κ2) is 6.31. The molecule has 1 saturated heterocycles. The van der Waals surface area contributed by atoms with E-state index in [-0.39, 0.29) is 6.10 Å². The van der Waals surface area contributed by atoms with Crippen LogP contribution in [0.2, 0.25) is 0 Å². The van der Waals surface area contributed by atoms with Crippen LogP contribution < -0.4 is 9.80 Å². The van der Waals surface area contributed by atoms with Crippen molar-refractivity contribution in [1.82, 2.24) is 15.1 Å². The third-order valence-corrected chi connectivity index (χ3v) is 3.83. The predicted octanol–water partition coefficient (Wildman–Crippen LogP) is 1.37. The number of aryl methyl sites for hydroxylation is 1. The van der Waals surface area contributed by atoms with Crippen molar-refractivity contribution in [2.45, 2.75) is 32.4 Å². The first kappa shape index (κ1) is 14.8. The number of nitrogens with zero attached hydrogens (tertiary/aromatic N) is 5. The number of aliphatic hydroxyl groups excluding tert-OH is 1. The van der Waals surface area contributed by atoms with E-state index in [1.54, 1.807) is 6.20 Å². The van der Waals surface area contributed by atoms with Crippen LogP contribution >= 0.6 is 0 Å². The van der Waals surface area contributed by atoms with Gasteiger partial charge in [-0.25, -0.2) is 4.98 Å². The molecule has 1 aliphatic heterocycles. The maximum Gasteiger partial charge on any atom is 0.227 e. The van der Waals surface area contributed by atoms with E-state index >= 15 is 0 Å². The van der Waals surface area contributed by atoms with Gasteiger partial charge in [0.2, 0.25) is 5.95 Å². The summed E-state index contributed by atoms with van der Waals surface area (Å²) in [4.78, 5) is 13.1. The molecule has 7 heteroatoms. The van der Waals surface area contributed by atoms with Gasteiger partial charge in [0.25, 0.3) is 0 Å². The van der Waals surface area contributed by atoms with Crippen LogP contribution in [-0.2, 0) is 6.54 Å². The quantitative estimate of drug-likeness (QED) is 0.914. The fourth-order valence-corrected chi connectivity index (χ4v) is 2.60. The number of aliphatic hydroxyl groups is 1.